The third-order valence-corrected chi connectivity index (χ3v) is 4.02. The van der Waals surface area contributed by atoms with Crippen LogP contribution in [0, 0.1) is 6.92 Å². The Balaban J connectivity index is 2.32. The molecule has 1 unspecified atom stereocenters. The van der Waals surface area contributed by atoms with Gasteiger partial charge in [0.1, 0.15) is 11.4 Å². The molecule has 0 aliphatic carbocycles. The molecule has 2 rings (SSSR count). The third kappa shape index (κ3) is 4.80. The fourth-order valence-electron chi connectivity index (χ4n) is 2.90. The van der Waals surface area contributed by atoms with Gasteiger partial charge in [0.05, 0.1) is 12.5 Å². The van der Waals surface area contributed by atoms with Crippen molar-refractivity contribution in [2.45, 2.75) is 65.0 Å². The molecule has 0 spiro atoms. The number of rotatable bonds is 3. The van der Waals surface area contributed by atoms with Crippen LogP contribution in [-0.2, 0) is 16.0 Å². The number of ether oxygens (including phenoxy) is 1. The molecule has 25 heavy (non-hydrogen) atoms. The quantitative estimate of drug-likeness (QED) is 0.863. The fraction of sp³-hybridized carbons (Fsp3) is 0.647. The van der Waals surface area contributed by atoms with Gasteiger partial charge in [-0.2, -0.15) is 0 Å². The third-order valence-electron chi connectivity index (χ3n) is 4.02. The summed E-state index contributed by atoms with van der Waals surface area (Å²) in [6.45, 7) is 7.54. The number of carbonyl (C=O) groups excluding carboxylic acids is 1. The zero-order valence-corrected chi connectivity index (χ0v) is 15.1. The summed E-state index contributed by atoms with van der Waals surface area (Å²) >= 11 is 0. The molecule has 0 aromatic carbocycles. The van der Waals surface area contributed by atoms with E-state index in [0.29, 0.717) is 24.5 Å². The van der Waals surface area contributed by atoms with E-state index in [0.717, 1.165) is 12.8 Å². The highest BCUT2D eigenvalue weighted by Crippen LogP contribution is 2.30. The van der Waals surface area contributed by atoms with Crippen molar-refractivity contribution in [2.24, 2.45) is 0 Å². The van der Waals surface area contributed by atoms with Gasteiger partial charge in [0.25, 0.3) is 5.56 Å². The van der Waals surface area contributed by atoms with Crippen LogP contribution >= 0.6 is 0 Å². The molecule has 1 aromatic heterocycles. The minimum Gasteiger partial charge on any atom is -0.481 e. The minimum absolute atomic E-state index is 0.135. The number of nitrogens with one attached hydrogen (secondary N) is 1. The first kappa shape index (κ1) is 19.0. The average Bonchev–Trinajstić information content (AvgIpc) is 2.49. The Hall–Kier alpha value is -2.38. The van der Waals surface area contributed by atoms with Crippen LogP contribution in [-0.4, -0.2) is 44.2 Å². The number of carboxylic acid groups (broad SMARTS) is 1. The SMILES string of the molecule is Cc1nc(C2CCCCN2C(=O)OC(C)(C)C)[nH]c(=O)c1CC(=O)O. The molecule has 8 heteroatoms. The predicted octanol–water partition coefficient (Wildman–Crippen LogP) is 2.17. The zero-order chi connectivity index (χ0) is 18.8. The van der Waals surface area contributed by atoms with E-state index >= 15 is 0 Å². The summed E-state index contributed by atoms with van der Waals surface area (Å²) in [7, 11) is 0. The van der Waals surface area contributed by atoms with Crippen molar-refractivity contribution in [3.63, 3.8) is 0 Å². The number of carboxylic acids is 1. The summed E-state index contributed by atoms with van der Waals surface area (Å²) in [5, 5.41) is 8.91. The molecule has 8 nitrogen and oxygen atoms in total. The number of aromatic amines is 1. The van der Waals surface area contributed by atoms with Gasteiger partial charge in [0.2, 0.25) is 0 Å². The Morgan fingerprint density at radius 3 is 2.60 bits per heavy atom. The lowest BCUT2D eigenvalue weighted by atomic mass is 10.0. The smallest absolute Gasteiger partial charge is 0.410 e. The van der Waals surface area contributed by atoms with Gasteiger partial charge in [-0.05, 0) is 47.0 Å². The van der Waals surface area contributed by atoms with Gasteiger partial charge in [0, 0.05) is 17.8 Å². The monoisotopic (exact) mass is 351 g/mol. The van der Waals surface area contributed by atoms with E-state index in [-0.39, 0.29) is 18.0 Å². The number of aromatic nitrogens is 2. The number of aliphatic carboxylic acids is 1. The van der Waals surface area contributed by atoms with Crippen LogP contribution < -0.4 is 5.56 Å². The lowest BCUT2D eigenvalue weighted by Gasteiger charge is -2.36. The van der Waals surface area contributed by atoms with Crippen LogP contribution in [0.2, 0.25) is 0 Å². The van der Waals surface area contributed by atoms with Gasteiger partial charge in [-0.25, -0.2) is 9.78 Å². The summed E-state index contributed by atoms with van der Waals surface area (Å²) < 4.78 is 5.46. The molecule has 1 saturated heterocycles. The van der Waals surface area contributed by atoms with E-state index in [1.165, 1.54) is 0 Å². The Labute approximate surface area is 146 Å². The predicted molar refractivity (Wildman–Crippen MR) is 90.5 cm³/mol. The second-order valence-corrected chi connectivity index (χ2v) is 7.27. The van der Waals surface area contributed by atoms with E-state index in [2.05, 4.69) is 9.97 Å². The Bertz CT molecular complexity index is 720. The zero-order valence-electron chi connectivity index (χ0n) is 15.1. The molecule has 0 radical (unpaired) electrons. The molecule has 1 fully saturated rings. The van der Waals surface area contributed by atoms with E-state index in [4.69, 9.17) is 9.84 Å². The summed E-state index contributed by atoms with van der Waals surface area (Å²) in [5.41, 5.74) is -0.576. The minimum atomic E-state index is -1.09. The van der Waals surface area contributed by atoms with E-state index < -0.39 is 23.2 Å². The Kier molecular flexibility index (Phi) is 5.49. The normalized spacial score (nSPS) is 18.1. The van der Waals surface area contributed by atoms with Crippen LogP contribution in [0.1, 0.15) is 63.2 Å². The van der Waals surface area contributed by atoms with Gasteiger partial charge < -0.3 is 14.8 Å². The van der Waals surface area contributed by atoms with Gasteiger partial charge in [0.15, 0.2) is 0 Å². The van der Waals surface area contributed by atoms with Crippen LogP contribution in [0.25, 0.3) is 0 Å². The molecule has 1 aliphatic rings. The van der Waals surface area contributed by atoms with Crippen LogP contribution in [0.5, 0.6) is 0 Å². The van der Waals surface area contributed by atoms with Crippen molar-refractivity contribution in [2.75, 3.05) is 6.54 Å². The number of nitrogens with zero attached hydrogens (tertiary/aromatic N) is 2. The number of amides is 1. The Morgan fingerprint density at radius 2 is 2.04 bits per heavy atom. The molecule has 138 valence electrons. The maximum Gasteiger partial charge on any atom is 0.410 e. The first-order valence-electron chi connectivity index (χ1n) is 8.39. The molecule has 1 aliphatic heterocycles. The summed E-state index contributed by atoms with van der Waals surface area (Å²) in [6.07, 6.45) is 1.61. The molecular formula is C17H25N3O5. The highest BCUT2D eigenvalue weighted by Gasteiger charge is 2.33. The number of likely N-dealkylation sites (tertiary alicyclic amines) is 1. The van der Waals surface area contributed by atoms with Crippen LogP contribution in [0.15, 0.2) is 4.79 Å². The van der Waals surface area contributed by atoms with Gasteiger partial charge >= 0.3 is 12.1 Å². The molecule has 1 aromatic rings. The number of hydrogen-bond acceptors (Lipinski definition) is 5. The van der Waals surface area contributed by atoms with Crippen molar-refractivity contribution in [3.05, 3.63) is 27.4 Å². The number of aryl methyl sites for hydroxylation is 1. The van der Waals surface area contributed by atoms with Gasteiger partial charge in [-0.1, -0.05) is 0 Å². The number of piperidine rings is 1. The van der Waals surface area contributed by atoms with E-state index in [1.54, 1.807) is 32.6 Å². The number of carbonyl (C=O) groups is 2. The van der Waals surface area contributed by atoms with Crippen molar-refractivity contribution < 1.29 is 19.4 Å². The average molecular weight is 351 g/mol. The number of H-pyrrole nitrogens is 1. The lowest BCUT2D eigenvalue weighted by Crippen LogP contribution is -2.43. The first-order chi connectivity index (χ1) is 11.6. The molecular weight excluding hydrogens is 326 g/mol. The number of hydrogen-bond donors (Lipinski definition) is 2. The van der Waals surface area contributed by atoms with Crippen molar-refractivity contribution >= 4 is 12.1 Å². The van der Waals surface area contributed by atoms with Crippen molar-refractivity contribution in [3.8, 4) is 0 Å². The van der Waals surface area contributed by atoms with Crippen molar-refractivity contribution in [1.82, 2.24) is 14.9 Å². The van der Waals surface area contributed by atoms with E-state index in [1.807, 2.05) is 0 Å². The van der Waals surface area contributed by atoms with Crippen molar-refractivity contribution in [1.29, 1.82) is 0 Å². The fourth-order valence-corrected chi connectivity index (χ4v) is 2.90. The van der Waals surface area contributed by atoms with E-state index in [9.17, 15) is 14.4 Å². The summed E-state index contributed by atoms with van der Waals surface area (Å²) in [5.74, 6) is -0.710. The largest absolute Gasteiger partial charge is 0.481 e. The second-order valence-electron chi connectivity index (χ2n) is 7.27. The highest BCUT2D eigenvalue weighted by molar-refractivity contribution is 5.70. The maximum absolute atomic E-state index is 12.5. The maximum atomic E-state index is 12.5. The highest BCUT2D eigenvalue weighted by atomic mass is 16.6. The molecule has 1 amide bonds. The molecule has 2 heterocycles. The van der Waals surface area contributed by atoms with Gasteiger partial charge in [-0.3, -0.25) is 14.5 Å². The summed E-state index contributed by atoms with van der Waals surface area (Å²) in [6, 6.07) is -0.381. The van der Waals surface area contributed by atoms with Crippen LogP contribution in [0.3, 0.4) is 0 Å². The first-order valence-corrected chi connectivity index (χ1v) is 8.39. The standard InChI is InChI=1S/C17H25N3O5/c1-10-11(9-13(21)22)15(23)19-14(18-10)12-7-5-6-8-20(12)16(24)25-17(2,3)4/h12H,5-9H2,1-4H3,(H,21,22)(H,18,19,23). The molecule has 2 N–H and O–H groups in total. The lowest BCUT2D eigenvalue weighted by molar-refractivity contribution is -0.136. The van der Waals surface area contributed by atoms with Gasteiger partial charge in [-0.15, -0.1) is 0 Å². The molecule has 1 atom stereocenters. The second kappa shape index (κ2) is 7.25. The topological polar surface area (TPSA) is 113 Å². The molecule has 0 bridgehead atoms. The summed E-state index contributed by atoms with van der Waals surface area (Å²) in [4.78, 5) is 44.2. The molecule has 0 saturated carbocycles. The van der Waals surface area contributed by atoms with Crippen LogP contribution in [0.4, 0.5) is 4.79 Å². The Morgan fingerprint density at radius 1 is 1.36 bits per heavy atom.